The first-order valence-corrected chi connectivity index (χ1v) is 10.1. The molecule has 0 amide bonds. The second-order valence-electron chi connectivity index (χ2n) is 7.20. The van der Waals surface area contributed by atoms with Gasteiger partial charge < -0.3 is 9.64 Å². The van der Waals surface area contributed by atoms with Gasteiger partial charge in [0, 0.05) is 23.1 Å². The second kappa shape index (κ2) is 9.14. The van der Waals surface area contributed by atoms with E-state index in [0.29, 0.717) is 5.75 Å². The molecule has 0 atom stereocenters. The van der Waals surface area contributed by atoms with Crippen LogP contribution in [0.1, 0.15) is 5.56 Å². The third-order valence-electron chi connectivity index (χ3n) is 5.00. The van der Waals surface area contributed by atoms with Gasteiger partial charge >= 0.3 is 5.97 Å². The minimum absolute atomic E-state index is 0.473. The van der Waals surface area contributed by atoms with Gasteiger partial charge in [0.05, 0.1) is 0 Å². The number of hydrogen-bond acceptors (Lipinski definition) is 3. The Labute approximate surface area is 182 Å². The monoisotopic (exact) mass is 405 g/mol. The number of benzene rings is 4. The SMILES string of the molecule is C=CC(=O)Oc1ccc(N(c2ccccc2)c2ccc(-c3ccc(C)cc3)cc2)cc1. The summed E-state index contributed by atoms with van der Waals surface area (Å²) in [4.78, 5) is 13.6. The van der Waals surface area contributed by atoms with Crippen molar-refractivity contribution in [1.29, 1.82) is 0 Å². The molecule has 0 unspecified atom stereocenters. The summed E-state index contributed by atoms with van der Waals surface area (Å²) in [5.41, 5.74) is 6.66. The van der Waals surface area contributed by atoms with Gasteiger partial charge in [-0.1, -0.05) is 66.7 Å². The third kappa shape index (κ3) is 4.73. The number of rotatable bonds is 6. The standard InChI is InChI=1S/C28H23NO2/c1-3-28(30)31-27-19-17-26(18-20-27)29(24-7-5-4-6-8-24)25-15-13-23(14-16-25)22-11-9-21(2)10-12-22/h3-20H,1H2,2H3. The van der Waals surface area contributed by atoms with Crippen molar-refractivity contribution in [2.45, 2.75) is 6.92 Å². The zero-order valence-electron chi connectivity index (χ0n) is 17.4. The number of para-hydroxylation sites is 1. The number of hydrogen-bond donors (Lipinski definition) is 0. The largest absolute Gasteiger partial charge is 0.423 e. The third-order valence-corrected chi connectivity index (χ3v) is 5.00. The molecule has 0 bridgehead atoms. The molecule has 152 valence electrons. The first kappa shape index (κ1) is 20.2. The lowest BCUT2D eigenvalue weighted by Gasteiger charge is -2.25. The van der Waals surface area contributed by atoms with E-state index in [1.807, 2.05) is 30.3 Å². The van der Waals surface area contributed by atoms with Gasteiger partial charge in [0.15, 0.2) is 0 Å². The number of anilines is 3. The van der Waals surface area contributed by atoms with Crippen LogP contribution in [0.25, 0.3) is 11.1 Å². The maximum atomic E-state index is 11.5. The average Bonchev–Trinajstić information content (AvgIpc) is 2.82. The molecule has 3 nitrogen and oxygen atoms in total. The zero-order valence-corrected chi connectivity index (χ0v) is 17.4. The number of carbonyl (C=O) groups excluding carboxylic acids is 1. The van der Waals surface area contributed by atoms with Crippen molar-refractivity contribution in [2.75, 3.05) is 4.90 Å². The highest BCUT2D eigenvalue weighted by molar-refractivity contribution is 5.84. The van der Waals surface area contributed by atoms with Gasteiger partial charge in [0.2, 0.25) is 0 Å². The number of nitrogens with zero attached hydrogens (tertiary/aromatic N) is 1. The van der Waals surface area contributed by atoms with Crippen molar-refractivity contribution in [1.82, 2.24) is 0 Å². The van der Waals surface area contributed by atoms with E-state index >= 15 is 0 Å². The quantitative estimate of drug-likeness (QED) is 0.193. The van der Waals surface area contributed by atoms with Gasteiger partial charge in [-0.15, -0.1) is 0 Å². The van der Waals surface area contributed by atoms with Gasteiger partial charge in [-0.2, -0.15) is 0 Å². The van der Waals surface area contributed by atoms with Crippen molar-refractivity contribution in [3.8, 4) is 16.9 Å². The minimum atomic E-state index is -0.473. The molecule has 0 aliphatic rings. The van der Waals surface area contributed by atoms with Crippen LogP contribution in [0.15, 0.2) is 116 Å². The molecule has 4 aromatic carbocycles. The van der Waals surface area contributed by atoms with Crippen LogP contribution in [0.5, 0.6) is 5.75 Å². The highest BCUT2D eigenvalue weighted by Crippen LogP contribution is 2.36. The van der Waals surface area contributed by atoms with Crippen LogP contribution < -0.4 is 9.64 Å². The molecule has 0 fully saturated rings. The fourth-order valence-corrected chi connectivity index (χ4v) is 3.39. The molecule has 3 heteroatoms. The first-order chi connectivity index (χ1) is 15.1. The van der Waals surface area contributed by atoms with Crippen LogP contribution in [0.4, 0.5) is 17.1 Å². The average molecular weight is 405 g/mol. The van der Waals surface area contributed by atoms with Crippen LogP contribution >= 0.6 is 0 Å². The smallest absolute Gasteiger partial charge is 0.335 e. The van der Waals surface area contributed by atoms with E-state index < -0.39 is 5.97 Å². The summed E-state index contributed by atoms with van der Waals surface area (Å²) >= 11 is 0. The van der Waals surface area contributed by atoms with Gasteiger partial charge in [0.1, 0.15) is 5.75 Å². The zero-order chi connectivity index (χ0) is 21.6. The Hall–Kier alpha value is -4.11. The fraction of sp³-hybridized carbons (Fsp3) is 0.0357. The van der Waals surface area contributed by atoms with Crippen molar-refractivity contribution in [3.05, 3.63) is 121 Å². The number of esters is 1. The van der Waals surface area contributed by atoms with Crippen molar-refractivity contribution < 1.29 is 9.53 Å². The van der Waals surface area contributed by atoms with Gasteiger partial charge in [-0.05, 0) is 66.6 Å². The lowest BCUT2D eigenvalue weighted by atomic mass is 10.0. The molecule has 31 heavy (non-hydrogen) atoms. The molecule has 0 heterocycles. The molecule has 0 saturated carbocycles. The normalized spacial score (nSPS) is 10.4. The van der Waals surface area contributed by atoms with Crippen LogP contribution in [0, 0.1) is 6.92 Å². The predicted octanol–water partition coefficient (Wildman–Crippen LogP) is 7.22. The summed E-state index contributed by atoms with van der Waals surface area (Å²) in [6, 6.07) is 34.7. The summed E-state index contributed by atoms with van der Waals surface area (Å²) in [6.45, 7) is 5.52. The summed E-state index contributed by atoms with van der Waals surface area (Å²) in [5.74, 6) is 0.00995. The molecular formula is C28H23NO2. The highest BCUT2D eigenvalue weighted by atomic mass is 16.5. The second-order valence-corrected chi connectivity index (χ2v) is 7.20. The summed E-state index contributed by atoms with van der Waals surface area (Å²) in [7, 11) is 0. The van der Waals surface area contributed by atoms with E-state index in [0.717, 1.165) is 23.1 Å². The van der Waals surface area contributed by atoms with E-state index in [4.69, 9.17) is 4.74 Å². The molecular weight excluding hydrogens is 382 g/mol. The van der Waals surface area contributed by atoms with Crippen LogP contribution in [0.3, 0.4) is 0 Å². The van der Waals surface area contributed by atoms with Crippen LogP contribution in [-0.4, -0.2) is 5.97 Å². The minimum Gasteiger partial charge on any atom is -0.423 e. The lowest BCUT2D eigenvalue weighted by Crippen LogP contribution is -2.10. The van der Waals surface area contributed by atoms with Crippen molar-refractivity contribution in [2.24, 2.45) is 0 Å². The first-order valence-electron chi connectivity index (χ1n) is 10.1. The van der Waals surface area contributed by atoms with Crippen LogP contribution in [-0.2, 0) is 4.79 Å². The Morgan fingerprint density at radius 1 is 0.710 bits per heavy atom. The van der Waals surface area contributed by atoms with Crippen molar-refractivity contribution >= 4 is 23.0 Å². The van der Waals surface area contributed by atoms with E-state index in [-0.39, 0.29) is 0 Å². The van der Waals surface area contributed by atoms with Crippen LogP contribution in [0.2, 0.25) is 0 Å². The molecule has 0 aliphatic carbocycles. The van der Waals surface area contributed by atoms with E-state index in [2.05, 4.69) is 79.1 Å². The fourth-order valence-electron chi connectivity index (χ4n) is 3.39. The Balaban J connectivity index is 1.68. The topological polar surface area (TPSA) is 29.5 Å². The molecule has 0 spiro atoms. The maximum Gasteiger partial charge on any atom is 0.335 e. The van der Waals surface area contributed by atoms with Gasteiger partial charge in [-0.3, -0.25) is 0 Å². The molecule has 4 aromatic rings. The summed E-state index contributed by atoms with van der Waals surface area (Å²) < 4.78 is 5.21. The van der Waals surface area contributed by atoms with E-state index in [1.54, 1.807) is 12.1 Å². The highest BCUT2D eigenvalue weighted by Gasteiger charge is 2.13. The maximum absolute atomic E-state index is 11.5. The Morgan fingerprint density at radius 3 is 1.74 bits per heavy atom. The van der Waals surface area contributed by atoms with Gasteiger partial charge in [-0.25, -0.2) is 4.79 Å². The lowest BCUT2D eigenvalue weighted by molar-refractivity contribution is -0.128. The molecule has 0 aliphatic heterocycles. The Bertz CT molecular complexity index is 1160. The predicted molar refractivity (Wildman–Crippen MR) is 127 cm³/mol. The molecule has 0 N–H and O–H groups in total. The number of aryl methyl sites for hydroxylation is 1. The Kier molecular flexibility index (Phi) is 5.95. The van der Waals surface area contributed by atoms with Crippen molar-refractivity contribution in [3.63, 3.8) is 0 Å². The molecule has 0 saturated heterocycles. The Morgan fingerprint density at radius 2 is 1.19 bits per heavy atom. The van der Waals surface area contributed by atoms with E-state index in [9.17, 15) is 4.79 Å². The molecule has 0 radical (unpaired) electrons. The van der Waals surface area contributed by atoms with Gasteiger partial charge in [0.25, 0.3) is 0 Å². The summed E-state index contributed by atoms with van der Waals surface area (Å²) in [5, 5.41) is 0. The van der Waals surface area contributed by atoms with E-state index in [1.165, 1.54) is 16.7 Å². The molecule has 4 rings (SSSR count). The summed E-state index contributed by atoms with van der Waals surface area (Å²) in [6.07, 6.45) is 1.15. The number of carbonyl (C=O) groups is 1. The number of ether oxygens (including phenoxy) is 1. The molecule has 0 aromatic heterocycles.